The van der Waals surface area contributed by atoms with Gasteiger partial charge in [-0.2, -0.15) is 0 Å². The van der Waals surface area contributed by atoms with E-state index in [9.17, 15) is 4.39 Å². The first-order valence-corrected chi connectivity index (χ1v) is 7.19. The van der Waals surface area contributed by atoms with Crippen LogP contribution in [0.5, 0.6) is 0 Å². The van der Waals surface area contributed by atoms with E-state index in [1.807, 2.05) is 0 Å². The number of benzene rings is 1. The fourth-order valence-electron chi connectivity index (χ4n) is 2.75. The van der Waals surface area contributed by atoms with Crippen LogP contribution in [0.15, 0.2) is 18.2 Å². The average Bonchev–Trinajstić information content (AvgIpc) is 3.20. The van der Waals surface area contributed by atoms with Crippen molar-refractivity contribution in [1.82, 2.24) is 9.80 Å². The van der Waals surface area contributed by atoms with Gasteiger partial charge in [-0.25, -0.2) is 4.39 Å². The third-order valence-electron chi connectivity index (χ3n) is 4.18. The Hall–Kier alpha value is -1.13. The fourth-order valence-corrected chi connectivity index (χ4v) is 2.75. The maximum absolute atomic E-state index is 13.2. The van der Waals surface area contributed by atoms with Gasteiger partial charge >= 0.3 is 0 Å². The summed E-state index contributed by atoms with van der Waals surface area (Å²) in [7, 11) is 0. The van der Waals surface area contributed by atoms with Gasteiger partial charge in [0.1, 0.15) is 5.82 Å². The number of piperazine rings is 1. The first-order valence-electron chi connectivity index (χ1n) is 7.19. The summed E-state index contributed by atoms with van der Waals surface area (Å²) in [5.41, 5.74) is 7.51. The number of nitrogens with zero attached hydrogens (tertiary/aromatic N) is 2. The minimum atomic E-state index is -0.198. The molecule has 0 radical (unpaired) electrons. The summed E-state index contributed by atoms with van der Waals surface area (Å²) >= 11 is 0. The summed E-state index contributed by atoms with van der Waals surface area (Å²) in [6.45, 7) is 6.42. The summed E-state index contributed by atoms with van der Waals surface area (Å²) < 4.78 is 13.2. The zero-order chi connectivity index (χ0) is 13.2. The maximum Gasteiger partial charge on any atom is 0.123 e. The standard InChI is InChI=1S/C15H22FN3/c16-14-3-4-15(17)13(9-14)11-19-7-5-18(6-8-19)10-12-1-2-12/h3-4,9,12H,1-2,5-8,10-11,17H2. The molecule has 0 unspecified atom stereocenters. The Kier molecular flexibility index (Phi) is 3.71. The second kappa shape index (κ2) is 5.47. The molecule has 4 heteroatoms. The molecule has 0 spiro atoms. The molecule has 1 aliphatic heterocycles. The van der Waals surface area contributed by atoms with Gasteiger partial charge in [0.05, 0.1) is 0 Å². The van der Waals surface area contributed by atoms with Crippen molar-refractivity contribution in [1.29, 1.82) is 0 Å². The Morgan fingerprint density at radius 2 is 1.79 bits per heavy atom. The number of anilines is 1. The molecule has 3 nitrogen and oxygen atoms in total. The third kappa shape index (κ3) is 3.45. The third-order valence-corrected chi connectivity index (χ3v) is 4.18. The van der Waals surface area contributed by atoms with Crippen LogP contribution < -0.4 is 5.73 Å². The summed E-state index contributed by atoms with van der Waals surface area (Å²) in [6.07, 6.45) is 2.83. The van der Waals surface area contributed by atoms with Gasteiger partial charge in [0, 0.05) is 45.0 Å². The average molecular weight is 263 g/mol. The lowest BCUT2D eigenvalue weighted by Crippen LogP contribution is -2.46. The molecule has 1 saturated carbocycles. The summed E-state index contributed by atoms with van der Waals surface area (Å²) in [6, 6.07) is 4.65. The molecule has 1 aliphatic carbocycles. The highest BCUT2D eigenvalue weighted by molar-refractivity contribution is 5.46. The largest absolute Gasteiger partial charge is 0.398 e. The normalized spacial score (nSPS) is 21.7. The van der Waals surface area contributed by atoms with Crippen LogP contribution in [0.2, 0.25) is 0 Å². The van der Waals surface area contributed by atoms with Gasteiger partial charge in [-0.05, 0) is 42.5 Å². The van der Waals surface area contributed by atoms with Gasteiger partial charge in [0.15, 0.2) is 0 Å². The Morgan fingerprint density at radius 1 is 1.11 bits per heavy atom. The summed E-state index contributed by atoms with van der Waals surface area (Å²) in [4.78, 5) is 4.93. The molecule has 0 atom stereocenters. The second-order valence-corrected chi connectivity index (χ2v) is 5.86. The number of nitrogens with two attached hydrogens (primary N) is 1. The van der Waals surface area contributed by atoms with Gasteiger partial charge in [0.2, 0.25) is 0 Å². The van der Waals surface area contributed by atoms with E-state index in [1.165, 1.54) is 25.5 Å². The van der Waals surface area contributed by atoms with E-state index < -0.39 is 0 Å². The summed E-state index contributed by atoms with van der Waals surface area (Å²) in [5.74, 6) is 0.766. The minimum Gasteiger partial charge on any atom is -0.398 e. The molecule has 2 fully saturated rings. The van der Waals surface area contributed by atoms with E-state index in [4.69, 9.17) is 5.73 Å². The molecular weight excluding hydrogens is 241 g/mol. The van der Waals surface area contributed by atoms with Crippen LogP contribution in [0, 0.1) is 11.7 Å². The summed E-state index contributed by atoms with van der Waals surface area (Å²) in [5, 5.41) is 0. The minimum absolute atomic E-state index is 0.198. The first kappa shape index (κ1) is 12.9. The Morgan fingerprint density at radius 3 is 2.47 bits per heavy atom. The van der Waals surface area contributed by atoms with E-state index in [0.717, 1.165) is 44.2 Å². The number of halogens is 1. The Labute approximate surface area is 114 Å². The van der Waals surface area contributed by atoms with Gasteiger partial charge in [-0.15, -0.1) is 0 Å². The second-order valence-electron chi connectivity index (χ2n) is 5.86. The molecule has 0 aromatic heterocycles. The van der Waals surface area contributed by atoms with Gasteiger partial charge < -0.3 is 10.6 Å². The fraction of sp³-hybridized carbons (Fsp3) is 0.600. The lowest BCUT2D eigenvalue weighted by molar-refractivity contribution is 0.123. The van der Waals surface area contributed by atoms with Crippen molar-refractivity contribution in [2.45, 2.75) is 19.4 Å². The van der Waals surface area contributed by atoms with Crippen LogP contribution in [-0.4, -0.2) is 42.5 Å². The molecule has 2 aliphatic rings. The van der Waals surface area contributed by atoms with Crippen molar-refractivity contribution >= 4 is 5.69 Å². The maximum atomic E-state index is 13.2. The van der Waals surface area contributed by atoms with Crippen molar-refractivity contribution in [2.75, 3.05) is 38.5 Å². The zero-order valence-corrected chi connectivity index (χ0v) is 11.3. The SMILES string of the molecule is Nc1ccc(F)cc1CN1CCN(CC2CC2)CC1. The van der Waals surface area contributed by atoms with Gasteiger partial charge in [-0.1, -0.05) is 0 Å². The monoisotopic (exact) mass is 263 g/mol. The van der Waals surface area contributed by atoms with Crippen LogP contribution in [-0.2, 0) is 6.54 Å². The predicted octanol–water partition coefficient (Wildman–Crippen LogP) is 1.94. The molecule has 1 aromatic carbocycles. The lowest BCUT2D eigenvalue weighted by Gasteiger charge is -2.35. The molecule has 19 heavy (non-hydrogen) atoms. The highest BCUT2D eigenvalue weighted by Gasteiger charge is 2.26. The van der Waals surface area contributed by atoms with Crippen LogP contribution >= 0.6 is 0 Å². The van der Waals surface area contributed by atoms with Crippen molar-refractivity contribution in [2.24, 2.45) is 5.92 Å². The molecule has 3 rings (SSSR count). The number of hydrogen-bond donors (Lipinski definition) is 1. The Bertz CT molecular complexity index is 437. The van der Waals surface area contributed by atoms with E-state index in [0.29, 0.717) is 5.69 Å². The molecule has 1 heterocycles. The molecule has 1 saturated heterocycles. The van der Waals surface area contributed by atoms with Crippen molar-refractivity contribution in [3.05, 3.63) is 29.6 Å². The van der Waals surface area contributed by atoms with Crippen molar-refractivity contribution in [3.8, 4) is 0 Å². The number of rotatable bonds is 4. The molecule has 2 N–H and O–H groups in total. The molecule has 0 bridgehead atoms. The number of nitrogen functional groups attached to an aromatic ring is 1. The predicted molar refractivity (Wildman–Crippen MR) is 75.3 cm³/mol. The van der Waals surface area contributed by atoms with E-state index >= 15 is 0 Å². The van der Waals surface area contributed by atoms with Crippen LogP contribution in [0.1, 0.15) is 18.4 Å². The van der Waals surface area contributed by atoms with E-state index in [-0.39, 0.29) is 5.82 Å². The molecule has 1 aromatic rings. The molecule has 0 amide bonds. The topological polar surface area (TPSA) is 32.5 Å². The smallest absolute Gasteiger partial charge is 0.123 e. The van der Waals surface area contributed by atoms with Crippen LogP contribution in [0.25, 0.3) is 0 Å². The number of hydrogen-bond acceptors (Lipinski definition) is 3. The van der Waals surface area contributed by atoms with Crippen LogP contribution in [0.3, 0.4) is 0 Å². The van der Waals surface area contributed by atoms with E-state index in [1.54, 1.807) is 12.1 Å². The zero-order valence-electron chi connectivity index (χ0n) is 11.3. The highest BCUT2D eigenvalue weighted by Crippen LogP contribution is 2.30. The van der Waals surface area contributed by atoms with Gasteiger partial charge in [-0.3, -0.25) is 4.90 Å². The Balaban J connectivity index is 1.52. The molecule has 104 valence electrons. The molecular formula is C15H22FN3. The first-order chi connectivity index (χ1) is 9.20. The van der Waals surface area contributed by atoms with Gasteiger partial charge in [0.25, 0.3) is 0 Å². The van der Waals surface area contributed by atoms with Crippen molar-refractivity contribution < 1.29 is 4.39 Å². The quantitative estimate of drug-likeness (QED) is 0.843. The van der Waals surface area contributed by atoms with Crippen molar-refractivity contribution in [3.63, 3.8) is 0 Å². The van der Waals surface area contributed by atoms with Crippen LogP contribution in [0.4, 0.5) is 10.1 Å². The lowest BCUT2D eigenvalue weighted by atomic mass is 10.1. The highest BCUT2D eigenvalue weighted by atomic mass is 19.1. The van der Waals surface area contributed by atoms with E-state index in [2.05, 4.69) is 9.80 Å².